The van der Waals surface area contributed by atoms with Crippen molar-refractivity contribution in [3.8, 4) is 0 Å². The molecule has 1 heterocycles. The number of aromatic nitrogens is 1. The second kappa shape index (κ2) is 8.54. The molecule has 2 rings (SSSR count). The summed E-state index contributed by atoms with van der Waals surface area (Å²) >= 11 is 1.74. The van der Waals surface area contributed by atoms with Crippen LogP contribution in [0.3, 0.4) is 0 Å². The van der Waals surface area contributed by atoms with Crippen molar-refractivity contribution >= 4 is 17.3 Å². The Labute approximate surface area is 136 Å². The minimum atomic E-state index is 0.785. The number of aryl methyl sites for hydroxylation is 3. The molecule has 0 saturated carbocycles. The monoisotopic (exact) mass is 316 g/mol. The van der Waals surface area contributed by atoms with Crippen LogP contribution in [0.4, 0.5) is 0 Å². The Morgan fingerprint density at radius 2 is 2.14 bits per heavy atom. The van der Waals surface area contributed by atoms with Gasteiger partial charge in [0.05, 0.1) is 5.01 Å². The van der Waals surface area contributed by atoms with Crippen LogP contribution in [-0.2, 0) is 13.0 Å². The molecule has 1 aromatic heterocycles. The number of nitrogens with one attached hydrogen (secondary N) is 2. The van der Waals surface area contributed by atoms with Crippen molar-refractivity contribution < 1.29 is 0 Å². The van der Waals surface area contributed by atoms with Gasteiger partial charge in [0, 0.05) is 37.6 Å². The topological polar surface area (TPSA) is 49.3 Å². The van der Waals surface area contributed by atoms with Crippen LogP contribution in [0.15, 0.2) is 34.6 Å². The summed E-state index contributed by atoms with van der Waals surface area (Å²) in [4.78, 5) is 8.73. The molecule has 0 aliphatic rings. The number of hydrogen-bond acceptors (Lipinski definition) is 3. The predicted octanol–water partition coefficient (Wildman–Crippen LogP) is 3.06. The third-order valence-corrected chi connectivity index (χ3v) is 4.32. The van der Waals surface area contributed by atoms with Crippen molar-refractivity contribution in [1.82, 2.24) is 15.6 Å². The minimum absolute atomic E-state index is 0.785. The van der Waals surface area contributed by atoms with E-state index in [1.165, 1.54) is 16.1 Å². The molecule has 4 nitrogen and oxygen atoms in total. The van der Waals surface area contributed by atoms with Crippen LogP contribution >= 0.6 is 11.3 Å². The number of thiazole rings is 1. The summed E-state index contributed by atoms with van der Waals surface area (Å²) in [6.45, 7) is 5.82. The van der Waals surface area contributed by atoms with E-state index in [1.807, 2.05) is 6.92 Å². The first-order valence-electron chi connectivity index (χ1n) is 7.58. The Morgan fingerprint density at radius 3 is 2.82 bits per heavy atom. The zero-order valence-corrected chi connectivity index (χ0v) is 14.3. The van der Waals surface area contributed by atoms with Crippen molar-refractivity contribution in [2.75, 3.05) is 13.6 Å². The highest BCUT2D eigenvalue weighted by Gasteiger charge is 2.01. The lowest BCUT2D eigenvalue weighted by atomic mass is 10.1. The largest absolute Gasteiger partial charge is 0.356 e. The fourth-order valence-corrected chi connectivity index (χ4v) is 3.01. The number of hydrogen-bond donors (Lipinski definition) is 2. The molecule has 1 aromatic carbocycles. The molecule has 0 spiro atoms. The summed E-state index contributed by atoms with van der Waals surface area (Å²) in [5, 5.41) is 10.0. The van der Waals surface area contributed by atoms with Gasteiger partial charge >= 0.3 is 0 Å². The van der Waals surface area contributed by atoms with Gasteiger partial charge in [-0.3, -0.25) is 4.99 Å². The molecule has 0 aliphatic heterocycles. The molecule has 0 fully saturated rings. The smallest absolute Gasteiger partial charge is 0.191 e. The van der Waals surface area contributed by atoms with E-state index < -0.39 is 0 Å². The Morgan fingerprint density at radius 1 is 1.27 bits per heavy atom. The summed E-state index contributed by atoms with van der Waals surface area (Å²) < 4.78 is 0. The third-order valence-electron chi connectivity index (χ3n) is 3.29. The van der Waals surface area contributed by atoms with Gasteiger partial charge in [0.1, 0.15) is 0 Å². The van der Waals surface area contributed by atoms with Gasteiger partial charge in [0.15, 0.2) is 5.96 Å². The van der Waals surface area contributed by atoms with Crippen LogP contribution in [-0.4, -0.2) is 24.5 Å². The lowest BCUT2D eigenvalue weighted by molar-refractivity contribution is 0.739. The molecule has 0 saturated heterocycles. The first kappa shape index (κ1) is 16.5. The molecular weight excluding hydrogens is 292 g/mol. The van der Waals surface area contributed by atoms with Crippen LogP contribution < -0.4 is 10.6 Å². The Hall–Kier alpha value is -1.88. The predicted molar refractivity (Wildman–Crippen MR) is 94.6 cm³/mol. The summed E-state index contributed by atoms with van der Waals surface area (Å²) in [5.74, 6) is 0.844. The van der Waals surface area contributed by atoms with Crippen molar-refractivity contribution in [3.63, 3.8) is 0 Å². The highest BCUT2D eigenvalue weighted by molar-refractivity contribution is 7.09. The van der Waals surface area contributed by atoms with E-state index in [-0.39, 0.29) is 0 Å². The van der Waals surface area contributed by atoms with Crippen molar-refractivity contribution in [1.29, 1.82) is 0 Å². The number of nitrogens with zero attached hydrogens (tertiary/aromatic N) is 2. The van der Waals surface area contributed by atoms with E-state index in [0.29, 0.717) is 0 Å². The maximum Gasteiger partial charge on any atom is 0.191 e. The van der Waals surface area contributed by atoms with Crippen molar-refractivity contribution in [2.45, 2.75) is 33.2 Å². The highest BCUT2D eigenvalue weighted by atomic mass is 32.1. The first-order valence-corrected chi connectivity index (χ1v) is 8.46. The van der Waals surface area contributed by atoms with Crippen LogP contribution in [0.5, 0.6) is 0 Å². The normalized spacial score (nSPS) is 11.5. The minimum Gasteiger partial charge on any atom is -0.356 e. The summed E-state index contributed by atoms with van der Waals surface area (Å²) in [6.07, 6.45) is 2.07. The Balaban J connectivity index is 1.69. The van der Waals surface area contributed by atoms with Gasteiger partial charge in [-0.25, -0.2) is 4.98 Å². The molecule has 0 radical (unpaired) electrons. The molecule has 118 valence electrons. The second-order valence-electron chi connectivity index (χ2n) is 5.33. The molecular formula is C17H24N4S. The average molecular weight is 316 g/mol. The zero-order chi connectivity index (χ0) is 15.8. The standard InChI is InChI=1S/C17H24N4S/c1-13-6-4-7-15(10-13)11-20-17(18-3)19-9-5-8-16-21-14(2)12-22-16/h4,6-7,10,12H,5,8-9,11H2,1-3H3,(H2,18,19,20). The number of guanidine groups is 1. The van der Waals surface area contributed by atoms with Crippen LogP contribution in [0, 0.1) is 13.8 Å². The van der Waals surface area contributed by atoms with Gasteiger partial charge in [-0.2, -0.15) is 0 Å². The maximum absolute atomic E-state index is 4.48. The van der Waals surface area contributed by atoms with E-state index in [0.717, 1.165) is 37.6 Å². The van der Waals surface area contributed by atoms with Crippen LogP contribution in [0.25, 0.3) is 0 Å². The lowest BCUT2D eigenvalue weighted by Gasteiger charge is -2.12. The molecule has 5 heteroatoms. The number of rotatable bonds is 6. The molecule has 22 heavy (non-hydrogen) atoms. The van der Waals surface area contributed by atoms with Gasteiger partial charge < -0.3 is 10.6 Å². The van der Waals surface area contributed by atoms with Gasteiger partial charge in [-0.05, 0) is 25.8 Å². The molecule has 0 bridgehead atoms. The Kier molecular flexibility index (Phi) is 6.40. The molecule has 0 amide bonds. The molecule has 2 N–H and O–H groups in total. The summed E-state index contributed by atoms with van der Waals surface area (Å²) in [7, 11) is 1.80. The van der Waals surface area contributed by atoms with Crippen molar-refractivity contribution in [2.24, 2.45) is 4.99 Å². The van der Waals surface area contributed by atoms with E-state index in [9.17, 15) is 0 Å². The fourth-order valence-electron chi connectivity index (χ4n) is 2.19. The molecule has 0 aliphatic carbocycles. The molecule has 0 atom stereocenters. The SMILES string of the molecule is CN=C(NCCCc1nc(C)cs1)NCc1cccc(C)c1. The second-order valence-corrected chi connectivity index (χ2v) is 6.27. The first-order chi connectivity index (χ1) is 10.7. The maximum atomic E-state index is 4.48. The van der Waals surface area contributed by atoms with E-state index in [1.54, 1.807) is 18.4 Å². The van der Waals surface area contributed by atoms with E-state index >= 15 is 0 Å². The third kappa shape index (κ3) is 5.48. The summed E-state index contributed by atoms with van der Waals surface area (Å²) in [5.41, 5.74) is 3.66. The van der Waals surface area contributed by atoms with Gasteiger partial charge in [0.25, 0.3) is 0 Å². The molecule has 0 unspecified atom stereocenters. The van der Waals surface area contributed by atoms with E-state index in [2.05, 4.69) is 57.2 Å². The average Bonchev–Trinajstić information content (AvgIpc) is 2.92. The van der Waals surface area contributed by atoms with Gasteiger partial charge in [0.2, 0.25) is 0 Å². The lowest BCUT2D eigenvalue weighted by Crippen LogP contribution is -2.37. The highest BCUT2D eigenvalue weighted by Crippen LogP contribution is 2.10. The van der Waals surface area contributed by atoms with E-state index in [4.69, 9.17) is 0 Å². The number of aliphatic imine (C=N–C) groups is 1. The fraction of sp³-hybridized carbons (Fsp3) is 0.412. The zero-order valence-electron chi connectivity index (χ0n) is 13.5. The van der Waals surface area contributed by atoms with Crippen LogP contribution in [0.2, 0.25) is 0 Å². The van der Waals surface area contributed by atoms with Crippen LogP contribution in [0.1, 0.15) is 28.2 Å². The van der Waals surface area contributed by atoms with Crippen molar-refractivity contribution in [3.05, 3.63) is 51.5 Å². The van der Waals surface area contributed by atoms with Gasteiger partial charge in [-0.15, -0.1) is 11.3 Å². The number of benzene rings is 1. The Bertz CT molecular complexity index is 619. The summed E-state index contributed by atoms with van der Waals surface area (Å²) in [6, 6.07) is 8.50. The molecule has 2 aromatic rings. The quantitative estimate of drug-likeness (QED) is 0.489. The van der Waals surface area contributed by atoms with Gasteiger partial charge in [-0.1, -0.05) is 29.8 Å².